The first-order valence-corrected chi connectivity index (χ1v) is 9.15. The largest absolute Gasteiger partial charge is 0.308 e. The zero-order chi connectivity index (χ0) is 20.4. The second-order valence-electron chi connectivity index (χ2n) is 6.40. The summed E-state index contributed by atoms with van der Waals surface area (Å²) in [6.45, 7) is 3.52. The van der Waals surface area contributed by atoms with E-state index in [2.05, 4.69) is 31.3 Å². The molecule has 3 rings (SSSR count). The molecule has 0 unspecified atom stereocenters. The van der Waals surface area contributed by atoms with Crippen molar-refractivity contribution < 1.29 is 9.18 Å². The van der Waals surface area contributed by atoms with Gasteiger partial charge < -0.3 is 5.32 Å². The third kappa shape index (κ3) is 3.92. The number of carbonyl (C=O) groups excluding carboxylic acids is 1. The summed E-state index contributed by atoms with van der Waals surface area (Å²) in [6, 6.07) is 7.99. The van der Waals surface area contributed by atoms with Gasteiger partial charge in [-0.1, -0.05) is 29.8 Å². The smallest absolute Gasteiger partial charge is 0.275 e. The molecular formula is C19H15BrFN5O2. The van der Waals surface area contributed by atoms with E-state index >= 15 is 0 Å². The Balaban J connectivity index is 1.97. The molecule has 2 aromatic heterocycles. The third-order valence-corrected chi connectivity index (χ3v) is 4.52. The number of aromatic nitrogens is 3. The summed E-state index contributed by atoms with van der Waals surface area (Å²) in [5, 5.41) is 17.0. The van der Waals surface area contributed by atoms with E-state index in [1.54, 1.807) is 18.2 Å². The minimum atomic E-state index is -0.685. The van der Waals surface area contributed by atoms with E-state index in [9.17, 15) is 14.0 Å². The van der Waals surface area contributed by atoms with Gasteiger partial charge in [-0.15, -0.1) is 0 Å². The number of carbonyl (C=O) groups is 1. The van der Waals surface area contributed by atoms with Crippen LogP contribution in [0.5, 0.6) is 0 Å². The van der Waals surface area contributed by atoms with Gasteiger partial charge in [0.05, 0.1) is 22.8 Å². The Labute approximate surface area is 167 Å². The molecule has 0 bridgehead atoms. The number of amides is 1. The number of anilines is 1. The Hall–Kier alpha value is -3.12. The summed E-state index contributed by atoms with van der Waals surface area (Å²) in [5.74, 6) is -1.34. The van der Waals surface area contributed by atoms with Crippen molar-refractivity contribution in [3.8, 4) is 6.07 Å². The zero-order valence-corrected chi connectivity index (χ0v) is 16.6. The monoisotopic (exact) mass is 443 g/mol. The van der Waals surface area contributed by atoms with Gasteiger partial charge in [0.2, 0.25) is 5.91 Å². The average Bonchev–Trinajstić information content (AvgIpc) is 2.65. The van der Waals surface area contributed by atoms with Crippen LogP contribution in [0.2, 0.25) is 0 Å². The van der Waals surface area contributed by atoms with E-state index < -0.39 is 17.3 Å². The molecule has 1 amide bonds. The van der Waals surface area contributed by atoms with Gasteiger partial charge in [-0.2, -0.15) is 10.4 Å². The van der Waals surface area contributed by atoms with Gasteiger partial charge in [-0.3, -0.25) is 9.59 Å². The normalized spacial score (nSPS) is 10.9. The van der Waals surface area contributed by atoms with Crippen molar-refractivity contribution in [2.45, 2.75) is 26.3 Å². The lowest BCUT2D eigenvalue weighted by molar-refractivity contribution is -0.117. The highest BCUT2D eigenvalue weighted by Crippen LogP contribution is 2.24. The van der Waals surface area contributed by atoms with Gasteiger partial charge >= 0.3 is 0 Å². The summed E-state index contributed by atoms with van der Waals surface area (Å²) in [7, 11) is 0. The summed E-state index contributed by atoms with van der Waals surface area (Å²) in [5.41, 5.74) is 0.163. The van der Waals surface area contributed by atoms with Crippen LogP contribution in [0.4, 0.5) is 10.2 Å². The highest BCUT2D eigenvalue weighted by Gasteiger charge is 2.16. The van der Waals surface area contributed by atoms with E-state index in [4.69, 9.17) is 5.26 Å². The number of nitriles is 1. The Morgan fingerprint density at radius 2 is 2.11 bits per heavy atom. The van der Waals surface area contributed by atoms with E-state index in [1.807, 2.05) is 19.9 Å². The molecule has 0 aliphatic rings. The fraction of sp³-hybridized carbons (Fsp3) is 0.211. The molecule has 1 N–H and O–H groups in total. The first-order valence-electron chi connectivity index (χ1n) is 8.36. The van der Waals surface area contributed by atoms with Crippen molar-refractivity contribution in [1.82, 2.24) is 14.8 Å². The van der Waals surface area contributed by atoms with Crippen molar-refractivity contribution >= 4 is 38.4 Å². The van der Waals surface area contributed by atoms with Crippen molar-refractivity contribution in [2.75, 3.05) is 5.32 Å². The Morgan fingerprint density at radius 1 is 1.36 bits per heavy atom. The molecule has 0 atom stereocenters. The van der Waals surface area contributed by atoms with Gasteiger partial charge in [-0.05, 0) is 30.2 Å². The fourth-order valence-electron chi connectivity index (χ4n) is 2.75. The van der Waals surface area contributed by atoms with E-state index in [1.165, 1.54) is 0 Å². The standard InChI is InChI=1S/C19H15BrFN5O2/c1-10(2)17-15-6-12(20)3-4-14(15)19(28)26(25-17)9-16(27)24-18-11(7-22)5-13(21)8-23-18/h3-6,8,10H,9H2,1-2H3,(H,23,24,27). The maximum Gasteiger partial charge on any atom is 0.275 e. The lowest BCUT2D eigenvalue weighted by atomic mass is 10.0. The fourth-order valence-corrected chi connectivity index (χ4v) is 3.11. The number of hydrogen-bond donors (Lipinski definition) is 1. The number of nitrogens with one attached hydrogen (secondary N) is 1. The number of nitrogens with zero attached hydrogens (tertiary/aromatic N) is 4. The van der Waals surface area contributed by atoms with Gasteiger partial charge in [0.15, 0.2) is 5.82 Å². The van der Waals surface area contributed by atoms with Crippen LogP contribution in [0.15, 0.2) is 39.7 Å². The number of benzene rings is 1. The molecule has 1 aromatic carbocycles. The van der Waals surface area contributed by atoms with Crippen LogP contribution in [-0.2, 0) is 11.3 Å². The van der Waals surface area contributed by atoms with Crippen LogP contribution >= 0.6 is 15.9 Å². The molecular weight excluding hydrogens is 429 g/mol. The van der Waals surface area contributed by atoms with Gasteiger partial charge in [0, 0.05) is 9.86 Å². The zero-order valence-electron chi connectivity index (χ0n) is 15.0. The summed E-state index contributed by atoms with van der Waals surface area (Å²) >= 11 is 3.39. The first-order chi connectivity index (χ1) is 13.3. The molecule has 3 aromatic rings. The third-order valence-electron chi connectivity index (χ3n) is 4.02. The molecule has 0 spiro atoms. The SMILES string of the molecule is CC(C)c1nn(CC(=O)Nc2ncc(F)cc2C#N)c(=O)c2ccc(Br)cc12. The predicted octanol–water partition coefficient (Wildman–Crippen LogP) is 3.33. The second-order valence-corrected chi connectivity index (χ2v) is 7.32. The number of halogens is 2. The number of rotatable bonds is 4. The quantitative estimate of drug-likeness (QED) is 0.666. The highest BCUT2D eigenvalue weighted by atomic mass is 79.9. The van der Waals surface area contributed by atoms with Crippen LogP contribution in [-0.4, -0.2) is 20.7 Å². The molecule has 0 aliphatic heterocycles. The Morgan fingerprint density at radius 3 is 2.79 bits per heavy atom. The van der Waals surface area contributed by atoms with Crippen LogP contribution in [0.1, 0.15) is 31.0 Å². The van der Waals surface area contributed by atoms with E-state index in [0.29, 0.717) is 11.1 Å². The lowest BCUT2D eigenvalue weighted by Gasteiger charge is -2.13. The number of hydrogen-bond acceptors (Lipinski definition) is 5. The molecule has 9 heteroatoms. The van der Waals surface area contributed by atoms with Crippen LogP contribution in [0, 0.1) is 17.1 Å². The van der Waals surface area contributed by atoms with Crippen LogP contribution in [0.25, 0.3) is 10.8 Å². The van der Waals surface area contributed by atoms with Gasteiger partial charge in [-0.25, -0.2) is 14.1 Å². The first kappa shape index (κ1) is 19.6. The van der Waals surface area contributed by atoms with Crippen molar-refractivity contribution in [2.24, 2.45) is 0 Å². The summed E-state index contributed by atoms with van der Waals surface area (Å²) in [4.78, 5) is 28.9. The molecule has 7 nitrogen and oxygen atoms in total. The summed E-state index contributed by atoms with van der Waals surface area (Å²) in [6.07, 6.45) is 0.894. The molecule has 0 saturated carbocycles. The van der Waals surface area contributed by atoms with E-state index in [0.717, 1.165) is 26.8 Å². The molecule has 0 radical (unpaired) electrons. The van der Waals surface area contributed by atoms with E-state index in [-0.39, 0.29) is 23.8 Å². The Bertz CT molecular complexity index is 1180. The Kier molecular flexibility index (Phi) is 5.51. The predicted molar refractivity (Wildman–Crippen MR) is 105 cm³/mol. The molecule has 28 heavy (non-hydrogen) atoms. The summed E-state index contributed by atoms with van der Waals surface area (Å²) < 4.78 is 15.1. The molecule has 0 saturated heterocycles. The number of fused-ring (bicyclic) bond motifs is 1. The molecule has 0 aliphatic carbocycles. The van der Waals surface area contributed by atoms with Crippen molar-refractivity contribution in [3.63, 3.8) is 0 Å². The number of pyridine rings is 1. The van der Waals surface area contributed by atoms with Crippen LogP contribution < -0.4 is 10.9 Å². The minimum absolute atomic E-state index is 0.0238. The second kappa shape index (κ2) is 7.86. The molecule has 2 heterocycles. The maximum atomic E-state index is 13.2. The topological polar surface area (TPSA) is 101 Å². The average molecular weight is 444 g/mol. The van der Waals surface area contributed by atoms with Crippen molar-refractivity contribution in [3.05, 3.63) is 62.4 Å². The van der Waals surface area contributed by atoms with Gasteiger partial charge in [0.1, 0.15) is 18.4 Å². The van der Waals surface area contributed by atoms with Gasteiger partial charge in [0.25, 0.3) is 5.56 Å². The maximum absolute atomic E-state index is 13.2. The molecule has 142 valence electrons. The lowest BCUT2D eigenvalue weighted by Crippen LogP contribution is -2.31. The minimum Gasteiger partial charge on any atom is -0.308 e. The molecule has 0 fully saturated rings. The van der Waals surface area contributed by atoms with Crippen LogP contribution in [0.3, 0.4) is 0 Å². The van der Waals surface area contributed by atoms with Crippen molar-refractivity contribution in [1.29, 1.82) is 5.26 Å². The highest BCUT2D eigenvalue weighted by molar-refractivity contribution is 9.10.